The molecule has 18 heavy (non-hydrogen) atoms. The number of benzene rings is 1. The lowest BCUT2D eigenvalue weighted by Gasteiger charge is -2.24. The lowest BCUT2D eigenvalue weighted by molar-refractivity contribution is 0.246. The number of halogens is 1. The third kappa shape index (κ3) is 3.62. The van der Waals surface area contributed by atoms with Crippen LogP contribution in [0.5, 0.6) is 0 Å². The van der Waals surface area contributed by atoms with E-state index in [0.717, 1.165) is 0 Å². The number of amides is 2. The van der Waals surface area contributed by atoms with Gasteiger partial charge in [-0.05, 0) is 38.1 Å². The van der Waals surface area contributed by atoms with Gasteiger partial charge in [-0.3, -0.25) is 0 Å². The highest BCUT2D eigenvalue weighted by molar-refractivity contribution is 5.96. The highest BCUT2D eigenvalue weighted by atomic mass is 19.1. The van der Waals surface area contributed by atoms with E-state index in [9.17, 15) is 9.18 Å². The molecule has 0 unspecified atom stereocenters. The third-order valence-corrected chi connectivity index (χ3v) is 2.28. The fourth-order valence-electron chi connectivity index (χ4n) is 1.17. The van der Waals surface area contributed by atoms with Crippen molar-refractivity contribution in [1.82, 2.24) is 5.32 Å². The van der Waals surface area contributed by atoms with Gasteiger partial charge in [-0.2, -0.15) is 0 Å². The second-order valence-corrected chi connectivity index (χ2v) is 4.20. The number of carbonyl (C=O) groups excluding carboxylic acids is 1. The first-order valence-corrected chi connectivity index (χ1v) is 5.18. The van der Waals surface area contributed by atoms with Crippen LogP contribution in [0.15, 0.2) is 29.4 Å². The van der Waals surface area contributed by atoms with Crippen molar-refractivity contribution in [2.24, 2.45) is 10.9 Å². The standard InChI is InChI=1S/C11H15FN4O2/c1-11(2,9(13)16-18)15-10(17)14-8-5-3-7(12)4-6-8/h3-6,18H,1-2H3,(H2,13,16)(H2,14,15,17). The summed E-state index contributed by atoms with van der Waals surface area (Å²) in [6, 6.07) is 4.75. The van der Waals surface area contributed by atoms with Gasteiger partial charge in [0, 0.05) is 5.69 Å². The van der Waals surface area contributed by atoms with Gasteiger partial charge in [0.05, 0.1) is 5.54 Å². The first-order valence-electron chi connectivity index (χ1n) is 5.18. The lowest BCUT2D eigenvalue weighted by atomic mass is 10.1. The van der Waals surface area contributed by atoms with Gasteiger partial charge in [0.1, 0.15) is 5.82 Å². The largest absolute Gasteiger partial charge is 0.409 e. The molecule has 0 fully saturated rings. The van der Waals surface area contributed by atoms with Gasteiger partial charge in [-0.15, -0.1) is 0 Å². The molecule has 0 saturated carbocycles. The van der Waals surface area contributed by atoms with Gasteiger partial charge < -0.3 is 21.6 Å². The molecule has 1 aromatic carbocycles. The van der Waals surface area contributed by atoms with E-state index in [-0.39, 0.29) is 5.84 Å². The molecule has 0 aliphatic heterocycles. The summed E-state index contributed by atoms with van der Waals surface area (Å²) in [7, 11) is 0. The molecule has 0 bridgehead atoms. The number of nitrogens with one attached hydrogen (secondary N) is 2. The molecule has 0 aliphatic rings. The van der Waals surface area contributed by atoms with Crippen LogP contribution in [0.3, 0.4) is 0 Å². The lowest BCUT2D eigenvalue weighted by Crippen LogP contribution is -2.54. The zero-order valence-electron chi connectivity index (χ0n) is 10.1. The molecule has 6 nitrogen and oxygen atoms in total. The first-order chi connectivity index (χ1) is 8.35. The van der Waals surface area contributed by atoms with Gasteiger partial charge in [0.2, 0.25) is 0 Å². The van der Waals surface area contributed by atoms with Crippen LogP contribution in [0.4, 0.5) is 14.9 Å². The van der Waals surface area contributed by atoms with Crippen LogP contribution in [0.2, 0.25) is 0 Å². The van der Waals surface area contributed by atoms with E-state index in [1.165, 1.54) is 24.3 Å². The van der Waals surface area contributed by atoms with Crippen molar-refractivity contribution >= 4 is 17.6 Å². The van der Waals surface area contributed by atoms with Gasteiger partial charge in [0.15, 0.2) is 5.84 Å². The predicted molar refractivity (Wildman–Crippen MR) is 66.0 cm³/mol. The van der Waals surface area contributed by atoms with E-state index >= 15 is 0 Å². The van der Waals surface area contributed by atoms with Crippen molar-refractivity contribution < 1.29 is 14.4 Å². The van der Waals surface area contributed by atoms with Gasteiger partial charge in [-0.1, -0.05) is 5.16 Å². The van der Waals surface area contributed by atoms with Gasteiger partial charge in [-0.25, -0.2) is 9.18 Å². The topological polar surface area (TPSA) is 99.7 Å². The maximum atomic E-state index is 12.7. The Kier molecular flexibility index (Phi) is 4.09. The Labute approximate surface area is 104 Å². The maximum absolute atomic E-state index is 12.7. The molecule has 1 aromatic rings. The molecule has 0 atom stereocenters. The fraction of sp³-hybridized carbons (Fsp3) is 0.273. The fourth-order valence-corrected chi connectivity index (χ4v) is 1.17. The molecular weight excluding hydrogens is 239 g/mol. The zero-order valence-corrected chi connectivity index (χ0v) is 10.1. The van der Waals surface area contributed by atoms with Crippen LogP contribution >= 0.6 is 0 Å². The minimum Gasteiger partial charge on any atom is -0.409 e. The Bertz CT molecular complexity index is 457. The quantitative estimate of drug-likeness (QED) is 0.284. The highest BCUT2D eigenvalue weighted by Gasteiger charge is 2.25. The molecule has 7 heteroatoms. The molecule has 1 rings (SSSR count). The number of carbonyl (C=O) groups is 1. The second kappa shape index (κ2) is 5.35. The van der Waals surface area contributed by atoms with Crippen molar-refractivity contribution in [3.63, 3.8) is 0 Å². The van der Waals surface area contributed by atoms with Crippen molar-refractivity contribution in [1.29, 1.82) is 0 Å². The molecule has 0 saturated heterocycles. The molecule has 0 aliphatic carbocycles. The molecule has 5 N–H and O–H groups in total. The Balaban J connectivity index is 2.65. The van der Waals surface area contributed by atoms with E-state index in [1.54, 1.807) is 13.8 Å². The Morgan fingerprint density at radius 3 is 2.44 bits per heavy atom. The van der Waals surface area contributed by atoms with Crippen LogP contribution < -0.4 is 16.4 Å². The zero-order chi connectivity index (χ0) is 13.8. The normalized spacial score (nSPS) is 12.1. The van der Waals surface area contributed by atoms with Crippen LogP contribution in [0.25, 0.3) is 0 Å². The third-order valence-electron chi connectivity index (χ3n) is 2.28. The van der Waals surface area contributed by atoms with E-state index in [0.29, 0.717) is 5.69 Å². The van der Waals surface area contributed by atoms with E-state index < -0.39 is 17.4 Å². The van der Waals surface area contributed by atoms with E-state index in [2.05, 4.69) is 15.8 Å². The summed E-state index contributed by atoms with van der Waals surface area (Å²) in [5, 5.41) is 16.4. The monoisotopic (exact) mass is 254 g/mol. The average Bonchev–Trinajstić information content (AvgIpc) is 2.30. The molecule has 0 heterocycles. The highest BCUT2D eigenvalue weighted by Crippen LogP contribution is 2.09. The number of urea groups is 1. The van der Waals surface area contributed by atoms with Crippen molar-refractivity contribution in [2.45, 2.75) is 19.4 Å². The predicted octanol–water partition coefficient (Wildman–Crippen LogP) is 1.47. The Morgan fingerprint density at radius 1 is 1.39 bits per heavy atom. The number of rotatable bonds is 3. The number of anilines is 1. The maximum Gasteiger partial charge on any atom is 0.320 e. The first kappa shape index (κ1) is 13.8. The minimum absolute atomic E-state index is 0.128. The average molecular weight is 254 g/mol. The molecule has 98 valence electrons. The number of hydrogen-bond acceptors (Lipinski definition) is 3. The van der Waals surface area contributed by atoms with Crippen LogP contribution in [0.1, 0.15) is 13.8 Å². The summed E-state index contributed by atoms with van der Waals surface area (Å²) in [4.78, 5) is 11.6. The van der Waals surface area contributed by atoms with Crippen molar-refractivity contribution in [3.05, 3.63) is 30.1 Å². The molecule has 2 amide bonds. The second-order valence-electron chi connectivity index (χ2n) is 4.20. The van der Waals surface area contributed by atoms with Crippen LogP contribution in [-0.2, 0) is 0 Å². The Hall–Kier alpha value is -2.31. The molecular formula is C11H15FN4O2. The van der Waals surface area contributed by atoms with Gasteiger partial charge in [0.25, 0.3) is 0 Å². The number of oxime groups is 1. The number of nitrogens with two attached hydrogens (primary N) is 1. The Morgan fingerprint density at radius 2 is 1.94 bits per heavy atom. The minimum atomic E-state index is -1.00. The van der Waals surface area contributed by atoms with Gasteiger partial charge >= 0.3 is 6.03 Å². The van der Waals surface area contributed by atoms with Crippen molar-refractivity contribution in [2.75, 3.05) is 5.32 Å². The summed E-state index contributed by atoms with van der Waals surface area (Å²) < 4.78 is 12.7. The summed E-state index contributed by atoms with van der Waals surface area (Å²) >= 11 is 0. The summed E-state index contributed by atoms with van der Waals surface area (Å²) in [6.07, 6.45) is 0. The van der Waals surface area contributed by atoms with E-state index in [1.807, 2.05) is 0 Å². The number of nitrogens with zero attached hydrogens (tertiary/aromatic N) is 1. The summed E-state index contributed by atoms with van der Waals surface area (Å²) in [6.45, 7) is 3.15. The number of hydrogen-bond donors (Lipinski definition) is 4. The molecule has 0 spiro atoms. The smallest absolute Gasteiger partial charge is 0.320 e. The van der Waals surface area contributed by atoms with Crippen molar-refractivity contribution in [3.8, 4) is 0 Å². The number of amidine groups is 1. The molecule has 0 radical (unpaired) electrons. The SMILES string of the molecule is CC(C)(NC(=O)Nc1ccc(F)cc1)/C(N)=N/O. The van der Waals surface area contributed by atoms with Crippen LogP contribution in [0, 0.1) is 5.82 Å². The summed E-state index contributed by atoms with van der Waals surface area (Å²) in [5.74, 6) is -0.519. The summed E-state index contributed by atoms with van der Waals surface area (Å²) in [5.41, 5.74) is 4.85. The van der Waals surface area contributed by atoms with E-state index in [4.69, 9.17) is 10.9 Å². The molecule has 0 aromatic heterocycles. The van der Waals surface area contributed by atoms with Crippen LogP contribution in [-0.4, -0.2) is 22.6 Å².